The van der Waals surface area contributed by atoms with Crippen molar-refractivity contribution in [2.24, 2.45) is 0 Å². The summed E-state index contributed by atoms with van der Waals surface area (Å²) >= 11 is 0. The van der Waals surface area contributed by atoms with Crippen LogP contribution in [0.15, 0.2) is 60.9 Å². The van der Waals surface area contributed by atoms with Crippen molar-refractivity contribution in [3.63, 3.8) is 0 Å². The molecule has 0 aliphatic rings. The molecule has 0 atom stereocenters. The number of imidazole rings is 1. The van der Waals surface area contributed by atoms with Crippen molar-refractivity contribution in [1.82, 2.24) is 24.5 Å². The summed E-state index contributed by atoms with van der Waals surface area (Å²) in [5.74, 6) is -0.584. The summed E-state index contributed by atoms with van der Waals surface area (Å²) in [6.07, 6.45) is -1.39. The van der Waals surface area contributed by atoms with Crippen LogP contribution in [0.3, 0.4) is 0 Å². The molecule has 4 rings (SSSR count). The topological polar surface area (TPSA) is 77.6 Å². The van der Waals surface area contributed by atoms with Crippen LogP contribution in [0, 0.1) is 5.82 Å². The zero-order valence-electron chi connectivity index (χ0n) is 18.2. The maximum atomic E-state index is 13.8. The summed E-state index contributed by atoms with van der Waals surface area (Å²) in [5.41, 5.74) is -1.20. The molecule has 176 valence electrons. The first-order valence-corrected chi connectivity index (χ1v) is 10.3. The fraction of sp³-hybridized carbons (Fsp3) is 0.217. The molecule has 0 fully saturated rings. The number of alkyl halides is 3. The molecular weight excluding hydrogens is 452 g/mol. The van der Waals surface area contributed by atoms with E-state index in [1.165, 1.54) is 0 Å². The van der Waals surface area contributed by atoms with Crippen molar-refractivity contribution in [2.45, 2.75) is 32.5 Å². The maximum Gasteiger partial charge on any atom is 0.435 e. The van der Waals surface area contributed by atoms with Crippen molar-refractivity contribution in [1.29, 1.82) is 0 Å². The number of nitrogens with zero attached hydrogens (tertiary/aromatic N) is 5. The minimum absolute atomic E-state index is 0.0800. The van der Waals surface area contributed by atoms with Crippen LogP contribution in [0.25, 0.3) is 5.69 Å². The summed E-state index contributed by atoms with van der Waals surface area (Å²) in [4.78, 5) is 17.1. The minimum atomic E-state index is -4.93. The van der Waals surface area contributed by atoms with E-state index >= 15 is 0 Å². The molecule has 1 amide bonds. The Morgan fingerprint density at radius 1 is 1.12 bits per heavy atom. The molecule has 7 nitrogen and oxygen atoms in total. The number of amides is 1. The van der Waals surface area contributed by atoms with Gasteiger partial charge in [0.2, 0.25) is 0 Å². The Morgan fingerprint density at radius 3 is 2.53 bits per heavy atom. The van der Waals surface area contributed by atoms with E-state index in [4.69, 9.17) is 0 Å². The Kier molecular flexibility index (Phi) is 6.18. The lowest BCUT2D eigenvalue weighted by molar-refractivity contribution is -0.143. The van der Waals surface area contributed by atoms with Crippen LogP contribution in [0.4, 0.5) is 23.2 Å². The van der Waals surface area contributed by atoms with Crippen molar-refractivity contribution < 1.29 is 22.4 Å². The Morgan fingerprint density at radius 2 is 1.85 bits per heavy atom. The molecule has 11 heteroatoms. The monoisotopic (exact) mass is 472 g/mol. The summed E-state index contributed by atoms with van der Waals surface area (Å²) in [5, 5.41) is 9.42. The number of hydrogen-bond donors (Lipinski definition) is 1. The molecule has 2 aromatic heterocycles. The summed E-state index contributed by atoms with van der Waals surface area (Å²) in [6.45, 7) is 4.52. The number of benzene rings is 2. The van der Waals surface area contributed by atoms with Gasteiger partial charge in [0.1, 0.15) is 11.6 Å². The van der Waals surface area contributed by atoms with Gasteiger partial charge in [0, 0.05) is 30.5 Å². The first-order chi connectivity index (χ1) is 16.1. The summed E-state index contributed by atoms with van der Waals surface area (Å²) < 4.78 is 57.1. The second-order valence-corrected chi connectivity index (χ2v) is 7.90. The Bertz CT molecular complexity index is 1310. The van der Waals surface area contributed by atoms with E-state index in [2.05, 4.69) is 20.6 Å². The number of carbonyl (C=O) groups is 1. The van der Waals surface area contributed by atoms with E-state index in [9.17, 15) is 22.4 Å². The quantitative estimate of drug-likeness (QED) is 0.399. The van der Waals surface area contributed by atoms with Crippen LogP contribution >= 0.6 is 0 Å². The molecule has 0 aliphatic carbocycles. The van der Waals surface area contributed by atoms with Gasteiger partial charge in [-0.1, -0.05) is 31.2 Å². The van der Waals surface area contributed by atoms with E-state index in [0.29, 0.717) is 16.9 Å². The zero-order chi connectivity index (χ0) is 24.5. The molecule has 34 heavy (non-hydrogen) atoms. The lowest BCUT2D eigenvalue weighted by Crippen LogP contribution is -2.21. The normalized spacial score (nSPS) is 11.7. The molecule has 0 unspecified atom stereocenters. The lowest BCUT2D eigenvalue weighted by Gasteiger charge is -2.13. The zero-order valence-corrected chi connectivity index (χ0v) is 18.2. The van der Waals surface area contributed by atoms with Crippen LogP contribution in [-0.2, 0) is 12.7 Å². The molecule has 4 aromatic rings. The lowest BCUT2D eigenvalue weighted by atomic mass is 10.1. The Labute approximate surface area is 192 Å². The van der Waals surface area contributed by atoms with Crippen molar-refractivity contribution in [3.05, 3.63) is 89.5 Å². The molecule has 1 N–H and O–H groups in total. The van der Waals surface area contributed by atoms with Gasteiger partial charge in [-0.3, -0.25) is 4.79 Å². The van der Waals surface area contributed by atoms with E-state index in [1.54, 1.807) is 24.4 Å². The van der Waals surface area contributed by atoms with Gasteiger partial charge in [-0.05, 0) is 42.0 Å². The average Bonchev–Trinajstić information content (AvgIpc) is 3.42. The van der Waals surface area contributed by atoms with Crippen LogP contribution < -0.4 is 5.32 Å². The number of nitrogens with one attached hydrogen (secondary N) is 1. The third kappa shape index (κ3) is 4.82. The van der Waals surface area contributed by atoms with Gasteiger partial charge in [0.15, 0.2) is 11.4 Å². The SMILES string of the molecule is CC(C)c1nccn1Cc1cccc(NC(=O)c2nnn(-c3ccc(F)cc3)c2C(F)(F)F)c1. The predicted octanol–water partition coefficient (Wildman–Crippen LogP) is 5.05. The smallest absolute Gasteiger partial charge is 0.330 e. The molecule has 0 saturated heterocycles. The van der Waals surface area contributed by atoms with E-state index < -0.39 is 29.3 Å². The first kappa shape index (κ1) is 23.1. The standard InChI is InChI=1S/C23H20F4N6O/c1-14(2)21-28-10-11-32(21)13-15-4-3-5-17(12-15)29-22(34)19-20(23(25,26)27)33(31-30-19)18-8-6-16(24)7-9-18/h3-12,14H,13H2,1-2H3,(H,29,34). The molecule has 0 radical (unpaired) electrons. The van der Waals surface area contributed by atoms with Crippen molar-refractivity contribution >= 4 is 11.6 Å². The van der Waals surface area contributed by atoms with Crippen molar-refractivity contribution in [2.75, 3.05) is 5.32 Å². The number of hydrogen-bond acceptors (Lipinski definition) is 4. The number of aromatic nitrogens is 5. The highest BCUT2D eigenvalue weighted by atomic mass is 19.4. The van der Waals surface area contributed by atoms with Gasteiger partial charge in [-0.2, -0.15) is 13.2 Å². The average molecular weight is 472 g/mol. The van der Waals surface area contributed by atoms with Crippen molar-refractivity contribution in [3.8, 4) is 5.69 Å². The maximum absolute atomic E-state index is 13.8. The molecule has 2 heterocycles. The molecule has 0 bridgehead atoms. The Hall–Kier alpha value is -4.02. The van der Waals surface area contributed by atoms with Gasteiger partial charge >= 0.3 is 6.18 Å². The molecular formula is C23H20F4N6O. The van der Waals surface area contributed by atoms with Gasteiger partial charge < -0.3 is 9.88 Å². The molecule has 0 saturated carbocycles. The fourth-order valence-corrected chi connectivity index (χ4v) is 3.54. The summed E-state index contributed by atoms with van der Waals surface area (Å²) in [6, 6.07) is 11.0. The van der Waals surface area contributed by atoms with E-state index in [1.807, 2.05) is 30.7 Å². The predicted molar refractivity (Wildman–Crippen MR) is 116 cm³/mol. The van der Waals surface area contributed by atoms with Crippen LogP contribution in [-0.4, -0.2) is 30.5 Å². The highest BCUT2D eigenvalue weighted by Gasteiger charge is 2.42. The van der Waals surface area contributed by atoms with Crippen LogP contribution in [0.2, 0.25) is 0 Å². The number of halogens is 4. The first-order valence-electron chi connectivity index (χ1n) is 10.3. The third-order valence-corrected chi connectivity index (χ3v) is 5.03. The van der Waals surface area contributed by atoms with Crippen LogP contribution in [0.5, 0.6) is 0 Å². The second kappa shape index (κ2) is 9.08. The van der Waals surface area contributed by atoms with Crippen LogP contribution in [0.1, 0.15) is 47.3 Å². The fourth-order valence-electron chi connectivity index (χ4n) is 3.54. The summed E-state index contributed by atoms with van der Waals surface area (Å²) in [7, 11) is 0. The van der Waals surface area contributed by atoms with Gasteiger partial charge in [0.25, 0.3) is 5.91 Å². The second-order valence-electron chi connectivity index (χ2n) is 7.90. The largest absolute Gasteiger partial charge is 0.435 e. The van der Waals surface area contributed by atoms with E-state index in [0.717, 1.165) is 35.7 Å². The molecule has 2 aromatic carbocycles. The highest BCUT2D eigenvalue weighted by Crippen LogP contribution is 2.33. The van der Waals surface area contributed by atoms with Gasteiger partial charge in [-0.25, -0.2) is 14.1 Å². The molecule has 0 spiro atoms. The Balaban J connectivity index is 1.60. The molecule has 0 aliphatic heterocycles. The number of carbonyl (C=O) groups excluding carboxylic acids is 1. The van der Waals surface area contributed by atoms with Gasteiger partial charge in [0.05, 0.1) is 5.69 Å². The highest BCUT2D eigenvalue weighted by molar-refractivity contribution is 6.03. The van der Waals surface area contributed by atoms with E-state index in [-0.39, 0.29) is 11.6 Å². The number of anilines is 1. The number of rotatable bonds is 6. The third-order valence-electron chi connectivity index (χ3n) is 5.03. The minimum Gasteiger partial charge on any atom is -0.330 e. The van der Waals surface area contributed by atoms with Gasteiger partial charge in [-0.15, -0.1) is 5.10 Å².